The van der Waals surface area contributed by atoms with E-state index in [1.54, 1.807) is 37.5 Å². The summed E-state index contributed by atoms with van der Waals surface area (Å²) in [5, 5.41) is 2.77. The number of hydrogen-bond acceptors (Lipinski definition) is 5. The highest BCUT2D eigenvalue weighted by atomic mass is 79.9. The second kappa shape index (κ2) is 11.7. The molecule has 5 rings (SSSR count). The Balaban J connectivity index is 1.27. The van der Waals surface area contributed by atoms with Crippen LogP contribution in [0.5, 0.6) is 0 Å². The van der Waals surface area contributed by atoms with Crippen molar-refractivity contribution in [3.63, 3.8) is 0 Å². The SMILES string of the molecule is Cc1c(Br)cc(C(=O)CCC(=O)Nc2ccc3c(c2)/C(=C/C2=CN=CC2)C(=O)C3)c(=O)n1Cc1ccc(F)c(F)c1. The molecule has 1 aliphatic heterocycles. The second-order valence-corrected chi connectivity index (χ2v) is 10.7. The molecule has 1 N–H and O–H groups in total. The molecule has 208 valence electrons. The molecule has 0 bridgehead atoms. The first kappa shape index (κ1) is 28.2. The van der Waals surface area contributed by atoms with E-state index in [9.17, 15) is 28.0 Å². The number of benzene rings is 2. The number of carbonyl (C=O) groups excluding carboxylic acids is 3. The van der Waals surface area contributed by atoms with Gasteiger partial charge in [-0.2, -0.15) is 0 Å². The Morgan fingerprint density at radius 3 is 2.61 bits per heavy atom. The summed E-state index contributed by atoms with van der Waals surface area (Å²) in [6.07, 6.45) is 5.86. The number of nitrogens with zero attached hydrogens (tertiary/aromatic N) is 2. The first-order chi connectivity index (χ1) is 19.6. The molecule has 0 saturated carbocycles. The fourth-order valence-corrected chi connectivity index (χ4v) is 5.24. The van der Waals surface area contributed by atoms with Gasteiger partial charge in [-0.05, 0) is 81.5 Å². The van der Waals surface area contributed by atoms with Crippen molar-refractivity contribution in [1.82, 2.24) is 4.57 Å². The summed E-state index contributed by atoms with van der Waals surface area (Å²) in [4.78, 5) is 55.5. The van der Waals surface area contributed by atoms with E-state index in [1.807, 2.05) is 6.08 Å². The van der Waals surface area contributed by atoms with E-state index in [-0.39, 0.29) is 37.2 Å². The van der Waals surface area contributed by atoms with Gasteiger partial charge < -0.3 is 9.88 Å². The highest BCUT2D eigenvalue weighted by Gasteiger charge is 2.25. The van der Waals surface area contributed by atoms with Crippen LogP contribution >= 0.6 is 15.9 Å². The van der Waals surface area contributed by atoms with Crippen LogP contribution in [0.1, 0.15) is 52.0 Å². The van der Waals surface area contributed by atoms with Crippen LogP contribution in [0.3, 0.4) is 0 Å². The van der Waals surface area contributed by atoms with Crippen molar-refractivity contribution in [3.05, 3.63) is 115 Å². The maximum Gasteiger partial charge on any atom is 0.262 e. The average molecular weight is 620 g/mol. The number of Topliss-reactive ketones (excluding diaryl/α,β-unsaturated/α-hetero) is 2. The van der Waals surface area contributed by atoms with Crippen molar-refractivity contribution in [1.29, 1.82) is 0 Å². The van der Waals surface area contributed by atoms with E-state index in [2.05, 4.69) is 26.2 Å². The molecule has 0 spiro atoms. The molecule has 0 saturated heterocycles. The van der Waals surface area contributed by atoms with Crippen LogP contribution in [0, 0.1) is 18.6 Å². The van der Waals surface area contributed by atoms with E-state index in [0.29, 0.717) is 33.4 Å². The van der Waals surface area contributed by atoms with E-state index in [0.717, 1.165) is 28.8 Å². The van der Waals surface area contributed by atoms with Gasteiger partial charge in [0.15, 0.2) is 23.2 Å². The van der Waals surface area contributed by atoms with Crippen LogP contribution < -0.4 is 10.9 Å². The average Bonchev–Trinajstić information content (AvgIpc) is 3.57. The lowest BCUT2D eigenvalue weighted by molar-refractivity contribution is -0.116. The minimum atomic E-state index is -1.03. The summed E-state index contributed by atoms with van der Waals surface area (Å²) in [6.45, 7) is 1.60. The Hall–Kier alpha value is -4.31. The number of fused-ring (bicyclic) bond motifs is 1. The molecule has 0 unspecified atom stereocenters. The Kier molecular flexibility index (Phi) is 8.03. The van der Waals surface area contributed by atoms with Gasteiger partial charge in [0.25, 0.3) is 5.56 Å². The molecule has 1 aromatic heterocycles. The zero-order chi connectivity index (χ0) is 29.3. The van der Waals surface area contributed by atoms with Gasteiger partial charge in [0, 0.05) is 59.5 Å². The number of ketones is 2. The van der Waals surface area contributed by atoms with E-state index >= 15 is 0 Å². The molecule has 2 aromatic carbocycles. The quantitative estimate of drug-likeness (QED) is 0.258. The zero-order valence-electron chi connectivity index (χ0n) is 22.0. The maximum atomic E-state index is 13.7. The first-order valence-electron chi connectivity index (χ1n) is 12.9. The Bertz CT molecular complexity index is 1770. The van der Waals surface area contributed by atoms with E-state index < -0.39 is 28.9 Å². The van der Waals surface area contributed by atoms with Gasteiger partial charge in [-0.1, -0.05) is 12.1 Å². The molecular weight excluding hydrogens is 596 g/mol. The Labute approximate surface area is 242 Å². The van der Waals surface area contributed by atoms with Crippen LogP contribution in [-0.4, -0.2) is 28.3 Å². The fraction of sp³-hybridized carbons (Fsp3) is 0.194. The van der Waals surface area contributed by atoms with Crippen LogP contribution in [0.15, 0.2) is 74.6 Å². The molecule has 0 atom stereocenters. The number of halogens is 3. The summed E-state index contributed by atoms with van der Waals surface area (Å²) in [5.41, 5.74) is 3.78. The normalized spacial score (nSPS) is 14.9. The molecule has 1 aliphatic carbocycles. The number of nitrogens with one attached hydrogen (secondary N) is 1. The monoisotopic (exact) mass is 619 g/mol. The standard InChI is InChI=1S/C31H24BrF2N3O4/c1-17-25(32)14-24(31(41)37(17)16-19-2-5-26(33)27(34)11-19)28(38)6-7-30(40)36-21-4-3-20-12-29(39)23(22(20)13-21)10-18-8-9-35-15-18/h2-5,9-11,13-15H,6-8,12,16H2,1H3,(H,36,40)/b23-10-. The van der Waals surface area contributed by atoms with Gasteiger partial charge in [0.1, 0.15) is 0 Å². The van der Waals surface area contributed by atoms with Crippen molar-refractivity contribution < 1.29 is 23.2 Å². The minimum Gasteiger partial charge on any atom is -0.326 e. The predicted molar refractivity (Wildman–Crippen MR) is 155 cm³/mol. The summed E-state index contributed by atoms with van der Waals surface area (Å²) in [7, 11) is 0. The number of rotatable bonds is 8. The summed E-state index contributed by atoms with van der Waals surface area (Å²) in [5.74, 6) is -2.98. The third kappa shape index (κ3) is 6.07. The molecule has 7 nitrogen and oxygen atoms in total. The number of amides is 1. The van der Waals surface area contributed by atoms with Gasteiger partial charge in [0.2, 0.25) is 5.91 Å². The van der Waals surface area contributed by atoms with Crippen LogP contribution in [0.4, 0.5) is 14.5 Å². The van der Waals surface area contributed by atoms with Gasteiger partial charge in [-0.3, -0.25) is 24.2 Å². The number of hydrogen-bond donors (Lipinski definition) is 1. The van der Waals surface area contributed by atoms with Crippen molar-refractivity contribution in [2.45, 2.75) is 39.2 Å². The fourth-order valence-electron chi connectivity index (χ4n) is 4.79. The molecule has 10 heteroatoms. The number of aromatic nitrogens is 1. The van der Waals surface area contributed by atoms with Crippen molar-refractivity contribution >= 4 is 50.9 Å². The van der Waals surface area contributed by atoms with Crippen LogP contribution in [-0.2, 0) is 22.6 Å². The highest BCUT2D eigenvalue weighted by Crippen LogP contribution is 2.33. The van der Waals surface area contributed by atoms with Gasteiger partial charge >= 0.3 is 0 Å². The summed E-state index contributed by atoms with van der Waals surface area (Å²) in [6, 6.07) is 10.0. The van der Waals surface area contributed by atoms with Crippen molar-refractivity contribution in [3.8, 4) is 0 Å². The number of carbonyl (C=O) groups is 3. The van der Waals surface area contributed by atoms with Crippen LogP contribution in [0.25, 0.3) is 5.57 Å². The molecule has 3 aromatic rings. The lowest BCUT2D eigenvalue weighted by Crippen LogP contribution is -2.29. The van der Waals surface area contributed by atoms with Gasteiger partial charge in [0.05, 0.1) is 12.1 Å². The number of pyridine rings is 1. The smallest absolute Gasteiger partial charge is 0.262 e. The Morgan fingerprint density at radius 2 is 1.88 bits per heavy atom. The minimum absolute atomic E-state index is 0.00125. The topological polar surface area (TPSA) is 97.6 Å². The number of allylic oxidation sites excluding steroid dienone is 3. The molecule has 0 fully saturated rings. The predicted octanol–water partition coefficient (Wildman–Crippen LogP) is 5.71. The second-order valence-electron chi connectivity index (χ2n) is 9.87. The molecule has 2 aliphatic rings. The lowest BCUT2D eigenvalue weighted by Gasteiger charge is -2.14. The van der Waals surface area contributed by atoms with Crippen molar-refractivity contribution in [2.24, 2.45) is 4.99 Å². The highest BCUT2D eigenvalue weighted by molar-refractivity contribution is 9.10. The van der Waals surface area contributed by atoms with E-state index in [1.165, 1.54) is 16.7 Å². The lowest BCUT2D eigenvalue weighted by atomic mass is 10.0. The van der Waals surface area contributed by atoms with E-state index in [4.69, 9.17) is 0 Å². The van der Waals surface area contributed by atoms with Gasteiger partial charge in [-0.25, -0.2) is 8.78 Å². The maximum absolute atomic E-state index is 13.7. The Morgan fingerprint density at radius 1 is 1.07 bits per heavy atom. The van der Waals surface area contributed by atoms with Crippen molar-refractivity contribution in [2.75, 3.05) is 5.32 Å². The largest absolute Gasteiger partial charge is 0.326 e. The number of anilines is 1. The number of aliphatic imine (C=N–C) groups is 1. The first-order valence-corrected chi connectivity index (χ1v) is 13.7. The molecule has 41 heavy (non-hydrogen) atoms. The molecule has 0 radical (unpaired) electrons. The van der Waals surface area contributed by atoms with Gasteiger partial charge in [-0.15, -0.1) is 0 Å². The van der Waals surface area contributed by atoms with Crippen LogP contribution in [0.2, 0.25) is 0 Å². The molecular formula is C31H24BrF2N3O4. The summed E-state index contributed by atoms with van der Waals surface area (Å²) < 4.78 is 28.8. The molecule has 2 heterocycles. The third-order valence-electron chi connectivity index (χ3n) is 7.04. The molecule has 1 amide bonds. The summed E-state index contributed by atoms with van der Waals surface area (Å²) >= 11 is 3.36. The zero-order valence-corrected chi connectivity index (χ0v) is 23.6. The third-order valence-corrected chi connectivity index (χ3v) is 7.84.